The van der Waals surface area contributed by atoms with Crippen LogP contribution in [0.2, 0.25) is 0 Å². The van der Waals surface area contributed by atoms with Crippen molar-refractivity contribution in [2.45, 2.75) is 32.9 Å². The highest BCUT2D eigenvalue weighted by molar-refractivity contribution is 14.0. The van der Waals surface area contributed by atoms with E-state index in [1.165, 1.54) is 0 Å². The Bertz CT molecular complexity index is 643. The Morgan fingerprint density at radius 1 is 1.26 bits per heavy atom. The summed E-state index contributed by atoms with van der Waals surface area (Å²) in [4.78, 5) is 4.30. The smallest absolute Gasteiger partial charge is 0.189 e. The molecule has 6 nitrogen and oxygen atoms in total. The van der Waals surface area contributed by atoms with E-state index in [0.29, 0.717) is 12.5 Å². The molecule has 2 aromatic rings. The molecule has 0 amide bonds. The Morgan fingerprint density at radius 2 is 1.91 bits per heavy atom. The molecule has 0 bridgehead atoms. The van der Waals surface area contributed by atoms with Crippen LogP contribution in [0.1, 0.15) is 26.5 Å². The number of guanidine groups is 1. The maximum Gasteiger partial charge on any atom is 0.189 e. The van der Waals surface area contributed by atoms with Crippen LogP contribution < -0.4 is 15.8 Å². The number of nitrogens with two attached hydrogens (primary N) is 1. The fraction of sp³-hybridized carbons (Fsp3) is 0.375. The van der Waals surface area contributed by atoms with Crippen LogP contribution in [0.25, 0.3) is 5.69 Å². The minimum atomic E-state index is -0.101. The standard InChI is InChI=1S/C16H23N5O.HI/c1-16(2,3)19-15(17)18-11-12-9-10-21(20-12)13-5-7-14(22-4)8-6-13;/h5-10H,11H2,1-4H3,(H3,17,18,19);1H. The van der Waals surface area contributed by atoms with E-state index in [9.17, 15) is 0 Å². The largest absolute Gasteiger partial charge is 0.497 e. The highest BCUT2D eigenvalue weighted by Gasteiger charge is 2.09. The van der Waals surface area contributed by atoms with Gasteiger partial charge in [-0.3, -0.25) is 0 Å². The van der Waals surface area contributed by atoms with Gasteiger partial charge < -0.3 is 15.8 Å². The van der Waals surface area contributed by atoms with Crippen molar-refractivity contribution < 1.29 is 4.74 Å². The molecule has 7 heteroatoms. The molecule has 126 valence electrons. The Labute approximate surface area is 154 Å². The Morgan fingerprint density at radius 3 is 2.48 bits per heavy atom. The van der Waals surface area contributed by atoms with Gasteiger partial charge in [0.2, 0.25) is 0 Å². The molecule has 0 saturated heterocycles. The number of hydrogen-bond acceptors (Lipinski definition) is 3. The average molecular weight is 429 g/mol. The summed E-state index contributed by atoms with van der Waals surface area (Å²) in [7, 11) is 1.65. The number of nitrogens with zero attached hydrogens (tertiary/aromatic N) is 3. The van der Waals surface area contributed by atoms with Gasteiger partial charge in [-0.1, -0.05) is 0 Å². The zero-order valence-corrected chi connectivity index (χ0v) is 16.2. The number of nitrogens with one attached hydrogen (secondary N) is 1. The van der Waals surface area contributed by atoms with Crippen LogP contribution in [0, 0.1) is 0 Å². The summed E-state index contributed by atoms with van der Waals surface area (Å²) in [5.41, 5.74) is 7.57. The lowest BCUT2D eigenvalue weighted by Gasteiger charge is -2.20. The van der Waals surface area contributed by atoms with Crippen LogP contribution in [-0.2, 0) is 6.54 Å². The second kappa shape index (κ2) is 8.19. The third-order valence-electron chi connectivity index (χ3n) is 2.90. The van der Waals surface area contributed by atoms with E-state index in [2.05, 4.69) is 15.4 Å². The summed E-state index contributed by atoms with van der Waals surface area (Å²) in [5, 5.41) is 7.61. The van der Waals surface area contributed by atoms with Gasteiger partial charge >= 0.3 is 0 Å². The number of aromatic nitrogens is 2. The molecule has 2 rings (SSSR count). The van der Waals surface area contributed by atoms with E-state index in [0.717, 1.165) is 17.1 Å². The lowest BCUT2D eigenvalue weighted by atomic mass is 10.1. The number of hydrogen-bond donors (Lipinski definition) is 2. The molecule has 1 heterocycles. The number of halogens is 1. The third kappa shape index (κ3) is 6.09. The van der Waals surface area contributed by atoms with Crippen LogP contribution in [0.3, 0.4) is 0 Å². The van der Waals surface area contributed by atoms with Crippen molar-refractivity contribution in [1.29, 1.82) is 0 Å². The Hall–Kier alpha value is -1.77. The van der Waals surface area contributed by atoms with Crippen LogP contribution in [0.5, 0.6) is 5.75 Å². The molecule has 3 N–H and O–H groups in total. The molecule has 0 aliphatic rings. The molecule has 1 aromatic heterocycles. The van der Waals surface area contributed by atoms with Crippen molar-refractivity contribution in [1.82, 2.24) is 15.1 Å². The van der Waals surface area contributed by atoms with E-state index in [-0.39, 0.29) is 29.5 Å². The van der Waals surface area contributed by atoms with E-state index in [4.69, 9.17) is 10.5 Å². The lowest BCUT2D eigenvalue weighted by molar-refractivity contribution is 0.414. The molecule has 0 atom stereocenters. The van der Waals surface area contributed by atoms with Crippen molar-refractivity contribution >= 4 is 29.9 Å². The fourth-order valence-electron chi connectivity index (χ4n) is 1.91. The Kier molecular flexibility index (Phi) is 6.86. The summed E-state index contributed by atoms with van der Waals surface area (Å²) >= 11 is 0. The van der Waals surface area contributed by atoms with Crippen molar-refractivity contribution in [3.05, 3.63) is 42.2 Å². The van der Waals surface area contributed by atoms with Gasteiger partial charge in [0, 0.05) is 11.7 Å². The van der Waals surface area contributed by atoms with Gasteiger partial charge in [-0.25, -0.2) is 9.67 Å². The number of methoxy groups -OCH3 is 1. The van der Waals surface area contributed by atoms with E-state index in [1.807, 2.05) is 57.3 Å². The van der Waals surface area contributed by atoms with Gasteiger partial charge in [0.15, 0.2) is 5.96 Å². The highest BCUT2D eigenvalue weighted by Crippen LogP contribution is 2.14. The molecule has 0 fully saturated rings. The van der Waals surface area contributed by atoms with Gasteiger partial charge in [-0.2, -0.15) is 5.10 Å². The third-order valence-corrected chi connectivity index (χ3v) is 2.90. The van der Waals surface area contributed by atoms with Gasteiger partial charge in [0.05, 0.1) is 25.0 Å². The van der Waals surface area contributed by atoms with Crippen molar-refractivity contribution in [3.63, 3.8) is 0 Å². The topological polar surface area (TPSA) is 77.5 Å². The van der Waals surface area contributed by atoms with E-state index in [1.54, 1.807) is 11.8 Å². The van der Waals surface area contributed by atoms with Gasteiger partial charge in [-0.05, 0) is 51.1 Å². The minimum Gasteiger partial charge on any atom is -0.497 e. The molecule has 0 unspecified atom stereocenters. The second-order valence-corrected chi connectivity index (χ2v) is 6.03. The van der Waals surface area contributed by atoms with Crippen LogP contribution >= 0.6 is 24.0 Å². The average Bonchev–Trinajstić information content (AvgIpc) is 2.92. The Balaban J connectivity index is 0.00000264. The van der Waals surface area contributed by atoms with Crippen LogP contribution in [0.15, 0.2) is 41.5 Å². The first kappa shape index (κ1) is 19.3. The molecule has 0 saturated carbocycles. The molecule has 23 heavy (non-hydrogen) atoms. The van der Waals surface area contributed by atoms with E-state index >= 15 is 0 Å². The summed E-state index contributed by atoms with van der Waals surface area (Å²) in [6.07, 6.45) is 1.90. The fourth-order valence-corrected chi connectivity index (χ4v) is 1.91. The first-order valence-electron chi connectivity index (χ1n) is 7.14. The van der Waals surface area contributed by atoms with Crippen molar-refractivity contribution in [2.24, 2.45) is 10.7 Å². The van der Waals surface area contributed by atoms with Crippen LogP contribution in [0.4, 0.5) is 0 Å². The zero-order valence-electron chi connectivity index (χ0n) is 13.9. The van der Waals surface area contributed by atoms with Gasteiger partial charge in [0.1, 0.15) is 5.75 Å². The first-order chi connectivity index (χ1) is 10.4. The monoisotopic (exact) mass is 429 g/mol. The van der Waals surface area contributed by atoms with E-state index < -0.39 is 0 Å². The van der Waals surface area contributed by atoms with Crippen LogP contribution in [-0.4, -0.2) is 28.4 Å². The quantitative estimate of drug-likeness (QED) is 0.445. The maximum absolute atomic E-state index is 5.85. The minimum absolute atomic E-state index is 0. The van der Waals surface area contributed by atoms with Gasteiger partial charge in [-0.15, -0.1) is 24.0 Å². The summed E-state index contributed by atoms with van der Waals surface area (Å²) in [6, 6.07) is 9.64. The molecule has 0 spiro atoms. The maximum atomic E-state index is 5.85. The highest BCUT2D eigenvalue weighted by atomic mass is 127. The molecule has 0 radical (unpaired) electrons. The zero-order chi connectivity index (χ0) is 16.2. The van der Waals surface area contributed by atoms with Gasteiger partial charge in [0.25, 0.3) is 0 Å². The molecular weight excluding hydrogens is 405 g/mol. The number of benzene rings is 1. The second-order valence-electron chi connectivity index (χ2n) is 6.03. The SMILES string of the molecule is COc1ccc(-n2ccc(CN=C(N)NC(C)(C)C)n2)cc1.I. The molecule has 1 aromatic carbocycles. The first-order valence-corrected chi connectivity index (χ1v) is 7.14. The van der Waals surface area contributed by atoms with Crippen molar-refractivity contribution in [3.8, 4) is 11.4 Å². The molecular formula is C16H24IN5O. The lowest BCUT2D eigenvalue weighted by Crippen LogP contribution is -2.44. The van der Waals surface area contributed by atoms with Crippen molar-refractivity contribution in [2.75, 3.05) is 7.11 Å². The summed E-state index contributed by atoms with van der Waals surface area (Å²) in [5.74, 6) is 1.24. The predicted molar refractivity (Wildman–Crippen MR) is 104 cm³/mol. The predicted octanol–water partition coefficient (Wildman–Crippen LogP) is 2.70. The normalized spacial score (nSPS) is 11.7. The molecule has 0 aliphatic heterocycles. The summed E-state index contributed by atoms with van der Waals surface area (Å²) in [6.45, 7) is 6.55. The summed E-state index contributed by atoms with van der Waals surface area (Å²) < 4.78 is 6.95. The number of ether oxygens (including phenoxy) is 1. The number of aliphatic imine (C=N–C) groups is 1. The molecule has 0 aliphatic carbocycles. The number of rotatable bonds is 4.